The molecule has 31 heavy (non-hydrogen) atoms. The number of ether oxygens (including phenoxy) is 1. The summed E-state index contributed by atoms with van der Waals surface area (Å²) in [5.41, 5.74) is 1.53. The van der Waals surface area contributed by atoms with E-state index >= 15 is 0 Å². The Kier molecular flexibility index (Phi) is 6.95. The Labute approximate surface area is 179 Å². The number of nitro benzene ring substituents is 1. The molecule has 0 aromatic heterocycles. The number of amides is 1. The predicted molar refractivity (Wildman–Crippen MR) is 117 cm³/mol. The first-order valence-electron chi connectivity index (χ1n) is 9.57. The number of nitro groups is 1. The number of hydrogen-bond acceptors (Lipinski definition) is 6. The van der Waals surface area contributed by atoms with Gasteiger partial charge in [-0.25, -0.2) is 4.79 Å². The Bertz CT molecular complexity index is 1070. The van der Waals surface area contributed by atoms with E-state index in [0.717, 1.165) is 11.6 Å². The molecule has 8 heteroatoms. The van der Waals surface area contributed by atoms with Crippen molar-refractivity contribution in [2.75, 3.05) is 10.6 Å². The number of nitrogens with zero attached hydrogens (tertiary/aromatic N) is 1. The standard InChI is InChI=1S/C23H21N3O5/c1-16(22(27)25-19-10-6-3-7-11-19)31-23(28)18-12-13-20(21(14-18)26(29)30)24-15-17-8-4-2-5-9-17/h2-14,16,24H,15H2,1H3,(H,25,27)/t16-/m1/s1. The summed E-state index contributed by atoms with van der Waals surface area (Å²) in [6.07, 6.45) is -1.08. The molecule has 3 aromatic rings. The van der Waals surface area contributed by atoms with E-state index in [2.05, 4.69) is 10.6 Å². The van der Waals surface area contributed by atoms with Crippen LogP contribution >= 0.6 is 0 Å². The maximum atomic E-state index is 12.4. The molecule has 0 aliphatic heterocycles. The van der Waals surface area contributed by atoms with Gasteiger partial charge in [0.05, 0.1) is 10.5 Å². The number of para-hydroxylation sites is 1. The SMILES string of the molecule is C[C@@H](OC(=O)c1ccc(NCc2ccccc2)c([N+](=O)[O-])c1)C(=O)Nc1ccccc1. The lowest BCUT2D eigenvalue weighted by Crippen LogP contribution is -2.30. The third-order valence-electron chi connectivity index (χ3n) is 4.45. The fraction of sp³-hybridized carbons (Fsp3) is 0.130. The number of hydrogen-bond donors (Lipinski definition) is 2. The molecule has 0 saturated carbocycles. The van der Waals surface area contributed by atoms with Crippen molar-refractivity contribution in [3.63, 3.8) is 0 Å². The molecule has 0 heterocycles. The first-order valence-corrected chi connectivity index (χ1v) is 9.57. The van der Waals surface area contributed by atoms with Crippen molar-refractivity contribution in [3.05, 3.63) is 100 Å². The predicted octanol–water partition coefficient (Wildman–Crippen LogP) is 4.39. The molecular weight excluding hydrogens is 398 g/mol. The van der Waals surface area contributed by atoms with Crippen molar-refractivity contribution in [2.45, 2.75) is 19.6 Å². The summed E-state index contributed by atoms with van der Waals surface area (Å²) in [4.78, 5) is 35.6. The number of anilines is 2. The largest absolute Gasteiger partial charge is 0.449 e. The molecule has 0 aliphatic rings. The summed E-state index contributed by atoms with van der Waals surface area (Å²) in [5.74, 6) is -1.33. The first-order chi connectivity index (χ1) is 14.9. The van der Waals surface area contributed by atoms with E-state index in [1.165, 1.54) is 19.1 Å². The van der Waals surface area contributed by atoms with Gasteiger partial charge in [0.1, 0.15) is 5.69 Å². The number of nitrogens with one attached hydrogen (secondary N) is 2. The minimum absolute atomic E-state index is 0.0173. The topological polar surface area (TPSA) is 111 Å². The van der Waals surface area contributed by atoms with Gasteiger partial charge in [-0.2, -0.15) is 0 Å². The molecule has 3 aromatic carbocycles. The van der Waals surface area contributed by atoms with E-state index in [1.54, 1.807) is 24.3 Å². The van der Waals surface area contributed by atoms with Crippen LogP contribution in [0.5, 0.6) is 0 Å². The maximum absolute atomic E-state index is 12.4. The smallest absolute Gasteiger partial charge is 0.339 e. The summed E-state index contributed by atoms with van der Waals surface area (Å²) in [6.45, 7) is 1.82. The Morgan fingerprint density at radius 1 is 1.00 bits per heavy atom. The van der Waals surface area contributed by atoms with Crippen molar-refractivity contribution in [3.8, 4) is 0 Å². The molecule has 1 atom stereocenters. The fourth-order valence-corrected chi connectivity index (χ4v) is 2.80. The van der Waals surface area contributed by atoms with E-state index < -0.39 is 22.9 Å². The minimum atomic E-state index is -1.08. The van der Waals surface area contributed by atoms with Gasteiger partial charge in [0, 0.05) is 18.3 Å². The monoisotopic (exact) mass is 419 g/mol. The highest BCUT2D eigenvalue weighted by Gasteiger charge is 2.22. The molecule has 0 spiro atoms. The van der Waals surface area contributed by atoms with Gasteiger partial charge in [-0.3, -0.25) is 14.9 Å². The molecule has 0 saturated heterocycles. The van der Waals surface area contributed by atoms with Gasteiger partial charge in [0.25, 0.3) is 11.6 Å². The summed E-state index contributed by atoms with van der Waals surface area (Å²) in [6, 6.07) is 22.2. The van der Waals surface area contributed by atoms with Crippen LogP contribution in [0.3, 0.4) is 0 Å². The molecule has 0 unspecified atom stereocenters. The molecule has 3 rings (SSSR count). The molecule has 0 aliphatic carbocycles. The number of rotatable bonds is 8. The van der Waals surface area contributed by atoms with Gasteiger partial charge in [-0.1, -0.05) is 48.5 Å². The normalized spacial score (nSPS) is 11.3. The summed E-state index contributed by atoms with van der Waals surface area (Å²) in [5, 5.41) is 17.1. The van der Waals surface area contributed by atoms with E-state index in [-0.39, 0.29) is 16.9 Å². The average Bonchev–Trinajstić information content (AvgIpc) is 2.78. The summed E-state index contributed by atoms with van der Waals surface area (Å²) in [7, 11) is 0. The highest BCUT2D eigenvalue weighted by Crippen LogP contribution is 2.26. The van der Waals surface area contributed by atoms with Gasteiger partial charge in [0.15, 0.2) is 6.10 Å². The van der Waals surface area contributed by atoms with Gasteiger partial charge >= 0.3 is 5.97 Å². The first kappa shape index (κ1) is 21.5. The maximum Gasteiger partial charge on any atom is 0.339 e. The Balaban J connectivity index is 1.67. The van der Waals surface area contributed by atoms with Crippen LogP contribution in [0.25, 0.3) is 0 Å². The van der Waals surface area contributed by atoms with Crippen LogP contribution in [-0.4, -0.2) is 22.9 Å². The minimum Gasteiger partial charge on any atom is -0.449 e. The fourth-order valence-electron chi connectivity index (χ4n) is 2.80. The summed E-state index contributed by atoms with van der Waals surface area (Å²) < 4.78 is 5.18. The van der Waals surface area contributed by atoms with Crippen LogP contribution in [0.1, 0.15) is 22.8 Å². The number of benzene rings is 3. The summed E-state index contributed by atoms with van der Waals surface area (Å²) >= 11 is 0. The third-order valence-corrected chi connectivity index (χ3v) is 4.45. The van der Waals surface area contributed by atoms with Gasteiger partial charge < -0.3 is 15.4 Å². The Hall–Kier alpha value is -4.20. The number of carbonyl (C=O) groups is 2. The second-order valence-corrected chi connectivity index (χ2v) is 6.73. The second-order valence-electron chi connectivity index (χ2n) is 6.73. The molecule has 0 fully saturated rings. The van der Waals surface area contributed by atoms with Gasteiger partial charge in [-0.05, 0) is 36.8 Å². The lowest BCUT2D eigenvalue weighted by Gasteiger charge is -2.14. The van der Waals surface area contributed by atoms with Crippen molar-refractivity contribution >= 4 is 28.9 Å². The van der Waals surface area contributed by atoms with E-state index in [0.29, 0.717) is 12.2 Å². The van der Waals surface area contributed by atoms with E-state index in [1.807, 2.05) is 36.4 Å². The number of esters is 1. The lowest BCUT2D eigenvalue weighted by atomic mass is 10.1. The van der Waals surface area contributed by atoms with E-state index in [9.17, 15) is 19.7 Å². The van der Waals surface area contributed by atoms with E-state index in [4.69, 9.17) is 4.74 Å². The van der Waals surface area contributed by atoms with Crippen LogP contribution < -0.4 is 10.6 Å². The molecule has 2 N–H and O–H groups in total. The van der Waals surface area contributed by atoms with Crippen LogP contribution in [0.4, 0.5) is 17.1 Å². The zero-order chi connectivity index (χ0) is 22.2. The van der Waals surface area contributed by atoms with Crippen molar-refractivity contribution in [1.29, 1.82) is 0 Å². The molecule has 0 radical (unpaired) electrons. The molecule has 0 bridgehead atoms. The highest BCUT2D eigenvalue weighted by atomic mass is 16.6. The highest BCUT2D eigenvalue weighted by molar-refractivity contribution is 5.97. The van der Waals surface area contributed by atoms with Crippen LogP contribution in [-0.2, 0) is 16.1 Å². The lowest BCUT2D eigenvalue weighted by molar-refractivity contribution is -0.384. The average molecular weight is 419 g/mol. The zero-order valence-electron chi connectivity index (χ0n) is 16.8. The van der Waals surface area contributed by atoms with Crippen LogP contribution in [0.2, 0.25) is 0 Å². The number of carbonyl (C=O) groups excluding carboxylic acids is 2. The molecular formula is C23H21N3O5. The molecule has 1 amide bonds. The van der Waals surface area contributed by atoms with Gasteiger partial charge in [-0.15, -0.1) is 0 Å². The molecule has 158 valence electrons. The van der Waals surface area contributed by atoms with Gasteiger partial charge in [0.2, 0.25) is 0 Å². The second kappa shape index (κ2) is 10.0. The third kappa shape index (κ3) is 5.89. The Morgan fingerprint density at radius 2 is 1.65 bits per heavy atom. The quantitative estimate of drug-likeness (QED) is 0.318. The van der Waals surface area contributed by atoms with Crippen LogP contribution in [0, 0.1) is 10.1 Å². The van der Waals surface area contributed by atoms with Crippen molar-refractivity contribution < 1.29 is 19.2 Å². The molecule has 8 nitrogen and oxygen atoms in total. The van der Waals surface area contributed by atoms with Crippen LogP contribution in [0.15, 0.2) is 78.9 Å². The zero-order valence-corrected chi connectivity index (χ0v) is 16.8. The van der Waals surface area contributed by atoms with Crippen molar-refractivity contribution in [2.24, 2.45) is 0 Å². The Morgan fingerprint density at radius 3 is 2.29 bits per heavy atom. The van der Waals surface area contributed by atoms with Crippen molar-refractivity contribution in [1.82, 2.24) is 0 Å².